The third kappa shape index (κ3) is 51.4. The predicted octanol–water partition coefficient (Wildman–Crippen LogP) is 0.586. The lowest BCUT2D eigenvalue weighted by Gasteiger charge is -2.19. The number of amides is 9. The highest BCUT2D eigenvalue weighted by molar-refractivity contribution is 5.92. The number of ether oxygens (including phenoxy) is 4. The van der Waals surface area contributed by atoms with E-state index in [0.717, 1.165) is 89.9 Å². The zero-order valence-corrected chi connectivity index (χ0v) is 60.2. The number of carbonyl (C=O) groups excluding carboxylic acids is 9. The molecule has 0 aromatic rings. The molecule has 1 aliphatic rings. The van der Waals surface area contributed by atoms with E-state index in [1.807, 2.05) is 0 Å². The van der Waals surface area contributed by atoms with Gasteiger partial charge in [0.05, 0.1) is 70.7 Å². The van der Waals surface area contributed by atoms with Crippen molar-refractivity contribution in [2.75, 3.05) is 92.1 Å². The van der Waals surface area contributed by atoms with Crippen LogP contribution >= 0.6 is 0 Å². The Labute approximate surface area is 606 Å². The van der Waals surface area contributed by atoms with Crippen LogP contribution in [0.3, 0.4) is 0 Å². The summed E-state index contributed by atoms with van der Waals surface area (Å²) >= 11 is 0. The Morgan fingerprint density at radius 2 is 0.769 bits per heavy atom. The number of carboxylic acids is 6. The fraction of sp³-hybridized carbons (Fsp3) is 0.746. The second-order valence-corrected chi connectivity index (χ2v) is 25.6. The number of hydrogen-bond acceptors (Lipinski definition) is 22. The molecule has 0 saturated carbocycles. The van der Waals surface area contributed by atoms with Crippen molar-refractivity contribution in [1.82, 2.24) is 63.8 Å². The molecule has 0 saturated heterocycles. The molecule has 104 heavy (non-hydrogen) atoms. The van der Waals surface area contributed by atoms with Gasteiger partial charge in [-0.15, -0.1) is 5.53 Å². The van der Waals surface area contributed by atoms with Gasteiger partial charge in [0, 0.05) is 83.3 Å². The molecule has 37 nitrogen and oxygen atoms in total. The summed E-state index contributed by atoms with van der Waals surface area (Å²) in [6.45, 7) is 3.76. The summed E-state index contributed by atoms with van der Waals surface area (Å²) in [5.74, 6) is -12.2. The molecule has 1 rings (SSSR count). The van der Waals surface area contributed by atoms with Crippen LogP contribution in [0.25, 0.3) is 0 Å². The maximum absolute atomic E-state index is 13.4. The van der Waals surface area contributed by atoms with E-state index in [0.29, 0.717) is 50.9 Å². The second-order valence-electron chi connectivity index (χ2n) is 25.6. The minimum Gasteiger partial charge on any atom is -0.481 e. The highest BCUT2D eigenvalue weighted by Gasteiger charge is 2.31. The van der Waals surface area contributed by atoms with Crippen molar-refractivity contribution in [3.63, 3.8) is 0 Å². The van der Waals surface area contributed by atoms with Gasteiger partial charge in [-0.05, 0) is 65.2 Å². The Morgan fingerprint density at radius 3 is 1.24 bits per heavy atom. The lowest BCUT2D eigenvalue weighted by molar-refractivity contribution is -0.147. The van der Waals surface area contributed by atoms with Crippen LogP contribution in [0.2, 0.25) is 0 Å². The first-order chi connectivity index (χ1) is 49.6. The number of carbonyl (C=O) groups is 15. The van der Waals surface area contributed by atoms with Gasteiger partial charge in [-0.1, -0.05) is 77.0 Å². The van der Waals surface area contributed by atoms with E-state index in [2.05, 4.69) is 58.8 Å². The zero-order valence-electron chi connectivity index (χ0n) is 60.2. The first-order valence-electron chi connectivity index (χ1n) is 35.8. The molecular formula is C67H114N12O25. The number of rotatable bonds is 67. The molecule has 3 unspecified atom stereocenters. The molecular weight excluding hydrogens is 1370 g/mol. The van der Waals surface area contributed by atoms with Crippen molar-refractivity contribution in [3.05, 3.63) is 11.9 Å². The fourth-order valence-corrected chi connectivity index (χ4v) is 10.1. The second kappa shape index (κ2) is 57.6. The molecule has 0 aliphatic carbocycles. The number of carboxylic acid groups (broad SMARTS) is 6. The third-order valence-electron chi connectivity index (χ3n) is 15.8. The summed E-state index contributed by atoms with van der Waals surface area (Å²) < 4.78 is 21.5. The molecule has 37 heteroatoms. The van der Waals surface area contributed by atoms with Gasteiger partial charge in [0.15, 0.2) is 0 Å². The van der Waals surface area contributed by atoms with E-state index in [1.165, 1.54) is 0 Å². The van der Waals surface area contributed by atoms with E-state index >= 15 is 0 Å². The first kappa shape index (κ1) is 93.2. The van der Waals surface area contributed by atoms with E-state index in [1.54, 1.807) is 25.1 Å². The number of hydrogen-bond donors (Lipinski definition) is 17. The van der Waals surface area contributed by atoms with Gasteiger partial charge >= 0.3 is 35.8 Å². The van der Waals surface area contributed by atoms with E-state index < -0.39 is 152 Å². The van der Waals surface area contributed by atoms with E-state index in [9.17, 15) is 82.1 Å². The van der Waals surface area contributed by atoms with Gasteiger partial charge in [-0.3, -0.25) is 72.1 Å². The molecule has 4 atom stereocenters. The molecule has 0 radical (unpaired) electrons. The van der Waals surface area contributed by atoms with Gasteiger partial charge < -0.3 is 103 Å². The molecule has 592 valence electrons. The van der Waals surface area contributed by atoms with Crippen LogP contribution in [0.5, 0.6) is 0 Å². The summed E-state index contributed by atoms with van der Waals surface area (Å²) in [5.41, 5.74) is 5.44. The predicted molar refractivity (Wildman–Crippen MR) is 371 cm³/mol. The number of allylic oxidation sites excluding steroid dienone is 1. The lowest BCUT2D eigenvalue weighted by Crippen LogP contribution is -2.48. The van der Waals surface area contributed by atoms with Crippen LogP contribution in [0.15, 0.2) is 11.9 Å². The SMILES string of the molecule is CC(C)(CC1=CN(CCC(NC(=O)CCCCCCCCCCNC(=O)CCCCCCCCCCNC(=O)C(CCCCNC(=O)COCCOCCNC(=O)[C@H](CC(=O)O)NC(=O)CCC(=O)O)NC(=O)COCCOCCNC(=O)C(CC(=O)O)NC(=O)CCC(=O)O)C(=O)O)NN1)C(=O)O. The molecule has 0 fully saturated rings. The van der Waals surface area contributed by atoms with E-state index in [-0.39, 0.29) is 110 Å². The smallest absolute Gasteiger partial charge is 0.326 e. The molecule has 0 spiro atoms. The Hall–Kier alpha value is -8.81. The summed E-state index contributed by atoms with van der Waals surface area (Å²) in [5, 5.41) is 79.6. The average Bonchev–Trinajstić information content (AvgIpc) is 1.71. The van der Waals surface area contributed by atoms with Crippen molar-refractivity contribution in [1.29, 1.82) is 0 Å². The molecule has 17 N–H and O–H groups in total. The molecule has 0 aromatic heterocycles. The van der Waals surface area contributed by atoms with Crippen LogP contribution < -0.4 is 58.8 Å². The molecule has 9 amide bonds. The maximum Gasteiger partial charge on any atom is 0.326 e. The Kier molecular flexibility index (Phi) is 51.6. The largest absolute Gasteiger partial charge is 0.481 e. The van der Waals surface area contributed by atoms with Gasteiger partial charge in [0.2, 0.25) is 53.2 Å². The van der Waals surface area contributed by atoms with Crippen LogP contribution in [0.1, 0.15) is 200 Å². The van der Waals surface area contributed by atoms with Gasteiger partial charge in [-0.2, -0.15) is 0 Å². The minimum atomic E-state index is -1.45. The van der Waals surface area contributed by atoms with Crippen LogP contribution in [0.4, 0.5) is 0 Å². The minimum absolute atomic E-state index is 0.00861. The van der Waals surface area contributed by atoms with Crippen LogP contribution in [-0.4, -0.2) is 241 Å². The van der Waals surface area contributed by atoms with Gasteiger partial charge in [0.25, 0.3) is 0 Å². The standard InChI is InChI=1S/C67H114N12O25/c1-67(2,66(99)100)43-47-44-79(78-77-47)34-28-49(65(97)98)74-53(81)23-16-12-8-4-5-9-13-18-29-68-52(80)22-15-11-7-3-6-10-14-19-31-70-62(94)48(73-57(85)46-104-40-38-102-36-33-72-64(96)51(42-61(92)93)76-55(83)25-27-59(88)89)21-17-20-30-69-56(84)45-103-39-37-101-35-32-71-63(95)50(41-60(90)91)75-54(82)24-26-58(86)87/h44,48-51,77-78H,3-43,45-46H2,1-2H3,(H,68,80)(H,69,84)(H,70,94)(H,71,95)(H,72,96)(H,73,85)(H,74,81)(H,75,82)(H,76,83)(H,86,87)(H,88,89)(H,90,91)(H,92,93)(H,97,98)(H,99,100)/t48?,49?,50-,51?/m0/s1. The number of hydrazine groups is 2. The Bertz CT molecular complexity index is 2700. The number of nitrogens with one attached hydrogen (secondary N) is 11. The fourth-order valence-electron chi connectivity index (χ4n) is 10.1. The maximum atomic E-state index is 13.4. The van der Waals surface area contributed by atoms with E-state index in [4.69, 9.17) is 39.4 Å². The lowest BCUT2D eigenvalue weighted by atomic mass is 9.88. The highest BCUT2D eigenvalue weighted by Crippen LogP contribution is 2.25. The summed E-state index contributed by atoms with van der Waals surface area (Å²) in [6, 6.07) is -4.88. The Morgan fingerprint density at radius 1 is 0.385 bits per heavy atom. The first-order valence-corrected chi connectivity index (χ1v) is 35.8. The molecule has 1 aliphatic heterocycles. The summed E-state index contributed by atoms with van der Waals surface area (Å²) in [4.78, 5) is 180. The van der Waals surface area contributed by atoms with Gasteiger partial charge in [0.1, 0.15) is 37.4 Å². The Balaban J connectivity index is 2.39. The molecule has 1 heterocycles. The highest BCUT2D eigenvalue weighted by atomic mass is 16.5. The van der Waals surface area contributed by atoms with Crippen molar-refractivity contribution < 1.29 is 122 Å². The van der Waals surface area contributed by atoms with Gasteiger partial charge in [-0.25, -0.2) is 4.79 Å². The van der Waals surface area contributed by atoms with Crippen molar-refractivity contribution in [2.24, 2.45) is 5.41 Å². The van der Waals surface area contributed by atoms with Crippen molar-refractivity contribution >= 4 is 89.0 Å². The monoisotopic (exact) mass is 1490 g/mol. The third-order valence-corrected chi connectivity index (χ3v) is 15.8. The topological polar surface area (TPSA) is 550 Å². The molecule has 0 aromatic carbocycles. The summed E-state index contributed by atoms with van der Waals surface area (Å²) in [6.07, 6.45) is 15.2. The number of nitrogens with zero attached hydrogens (tertiary/aromatic N) is 1. The number of aliphatic carboxylic acids is 6. The van der Waals surface area contributed by atoms with Crippen LogP contribution in [-0.2, 0) is 90.9 Å². The normalized spacial score (nSPS) is 12.9. The quantitative estimate of drug-likeness (QED) is 0.0370. The number of unbranched alkanes of at least 4 members (excludes halogenated alkanes) is 15. The molecule has 0 bridgehead atoms. The zero-order chi connectivity index (χ0) is 77.3. The average molecular weight is 1490 g/mol. The summed E-state index contributed by atoms with van der Waals surface area (Å²) in [7, 11) is 0. The van der Waals surface area contributed by atoms with Crippen molar-refractivity contribution in [3.8, 4) is 0 Å². The van der Waals surface area contributed by atoms with Crippen molar-refractivity contribution in [2.45, 2.75) is 224 Å². The van der Waals surface area contributed by atoms with Crippen LogP contribution in [0, 0.1) is 5.41 Å².